The van der Waals surface area contributed by atoms with Gasteiger partial charge in [-0.25, -0.2) is 4.79 Å². The summed E-state index contributed by atoms with van der Waals surface area (Å²) in [5.41, 5.74) is 2.26. The molecular weight excluding hydrogens is 252 g/mol. The van der Waals surface area contributed by atoms with Gasteiger partial charge in [-0.15, -0.1) is 0 Å². The first-order valence-corrected chi connectivity index (χ1v) is 7.31. The Kier molecular flexibility index (Phi) is 5.41. The van der Waals surface area contributed by atoms with Crippen LogP contribution in [0.2, 0.25) is 0 Å². The summed E-state index contributed by atoms with van der Waals surface area (Å²) in [6.07, 6.45) is 12.2. The topological polar surface area (TPSA) is 41.6 Å². The maximum absolute atomic E-state index is 11.2. The van der Waals surface area contributed by atoms with E-state index in [-0.39, 0.29) is 5.97 Å². The van der Waals surface area contributed by atoms with Gasteiger partial charge in [-0.3, -0.25) is 0 Å². The van der Waals surface area contributed by atoms with Crippen molar-refractivity contribution in [3.63, 3.8) is 0 Å². The van der Waals surface area contributed by atoms with Gasteiger partial charge in [0.05, 0.1) is 7.11 Å². The van der Waals surface area contributed by atoms with Crippen LogP contribution >= 0.6 is 0 Å². The van der Waals surface area contributed by atoms with Crippen LogP contribution in [0.15, 0.2) is 35.6 Å². The molecule has 0 bridgehead atoms. The Morgan fingerprint density at radius 1 is 1.35 bits per heavy atom. The van der Waals surface area contributed by atoms with E-state index in [4.69, 9.17) is 0 Å². The van der Waals surface area contributed by atoms with Gasteiger partial charge in [-0.05, 0) is 57.5 Å². The highest BCUT2D eigenvalue weighted by Gasteiger charge is 2.18. The number of hydrogen-bond acceptors (Lipinski definition) is 4. The van der Waals surface area contributed by atoms with Crippen LogP contribution in [0.3, 0.4) is 0 Å². The Morgan fingerprint density at radius 2 is 2.05 bits per heavy atom. The number of hydrogen-bond donors (Lipinski definition) is 1. The number of likely N-dealkylation sites (tertiary alicyclic amines) is 1. The highest BCUT2D eigenvalue weighted by Crippen LogP contribution is 2.20. The molecule has 0 aromatic rings. The zero-order valence-corrected chi connectivity index (χ0v) is 12.4. The molecule has 1 saturated heterocycles. The Labute approximate surface area is 121 Å². The van der Waals surface area contributed by atoms with Crippen molar-refractivity contribution in [2.45, 2.75) is 31.7 Å². The largest absolute Gasteiger partial charge is 0.466 e. The van der Waals surface area contributed by atoms with E-state index in [1.807, 2.05) is 6.08 Å². The minimum Gasteiger partial charge on any atom is -0.466 e. The van der Waals surface area contributed by atoms with Crippen molar-refractivity contribution in [1.29, 1.82) is 0 Å². The van der Waals surface area contributed by atoms with E-state index >= 15 is 0 Å². The van der Waals surface area contributed by atoms with Gasteiger partial charge < -0.3 is 15.0 Å². The SMILES string of the molecule is COC(=O)/C=C/C1=CCCC=C1NC1CCN(C)CC1. The zero-order valence-electron chi connectivity index (χ0n) is 12.4. The number of nitrogens with zero attached hydrogens (tertiary/aromatic N) is 1. The first kappa shape index (κ1) is 14.9. The number of carbonyl (C=O) groups is 1. The molecule has 110 valence electrons. The van der Waals surface area contributed by atoms with Crippen LogP contribution in [0.1, 0.15) is 25.7 Å². The van der Waals surface area contributed by atoms with Gasteiger partial charge in [-0.1, -0.05) is 12.2 Å². The molecule has 4 nitrogen and oxygen atoms in total. The number of methoxy groups -OCH3 is 1. The maximum atomic E-state index is 11.2. The van der Waals surface area contributed by atoms with Crippen molar-refractivity contribution in [3.8, 4) is 0 Å². The predicted octanol–water partition coefficient (Wildman–Crippen LogP) is 2.00. The lowest BCUT2D eigenvalue weighted by atomic mass is 9.99. The van der Waals surface area contributed by atoms with Gasteiger partial charge in [0.1, 0.15) is 0 Å². The van der Waals surface area contributed by atoms with Crippen LogP contribution in [-0.4, -0.2) is 44.2 Å². The summed E-state index contributed by atoms with van der Waals surface area (Å²) < 4.78 is 4.64. The van der Waals surface area contributed by atoms with E-state index in [9.17, 15) is 4.79 Å². The summed E-state index contributed by atoms with van der Waals surface area (Å²) in [7, 11) is 3.57. The van der Waals surface area contributed by atoms with Crippen LogP contribution in [0.25, 0.3) is 0 Å². The summed E-state index contributed by atoms with van der Waals surface area (Å²) in [6, 6.07) is 0.533. The van der Waals surface area contributed by atoms with Crippen molar-refractivity contribution in [2.75, 3.05) is 27.2 Å². The summed E-state index contributed by atoms with van der Waals surface area (Å²) >= 11 is 0. The van der Waals surface area contributed by atoms with Crippen molar-refractivity contribution in [1.82, 2.24) is 10.2 Å². The molecule has 4 heteroatoms. The minimum atomic E-state index is -0.310. The number of carbonyl (C=O) groups excluding carboxylic acids is 1. The third kappa shape index (κ3) is 4.23. The van der Waals surface area contributed by atoms with Gasteiger partial charge in [0.15, 0.2) is 0 Å². The van der Waals surface area contributed by atoms with Gasteiger partial charge in [0.25, 0.3) is 0 Å². The first-order valence-electron chi connectivity index (χ1n) is 7.31. The lowest BCUT2D eigenvalue weighted by molar-refractivity contribution is -0.134. The summed E-state index contributed by atoms with van der Waals surface area (Å²) in [4.78, 5) is 13.6. The van der Waals surface area contributed by atoms with Crippen LogP contribution in [0.5, 0.6) is 0 Å². The highest BCUT2D eigenvalue weighted by atomic mass is 16.5. The molecule has 0 atom stereocenters. The van der Waals surface area contributed by atoms with E-state index in [0.29, 0.717) is 6.04 Å². The number of piperidine rings is 1. The standard InChI is InChI=1S/C16H24N2O2/c1-18-11-9-14(10-12-18)17-15-6-4-3-5-13(15)7-8-16(19)20-2/h5-8,14,17H,3-4,9-12H2,1-2H3/b8-7+. The Bertz CT molecular complexity index is 430. The number of allylic oxidation sites excluding steroid dienone is 3. The average molecular weight is 276 g/mol. The van der Waals surface area contributed by atoms with Crippen LogP contribution < -0.4 is 5.32 Å². The van der Waals surface area contributed by atoms with Gasteiger partial charge in [0.2, 0.25) is 0 Å². The average Bonchev–Trinajstić information content (AvgIpc) is 2.48. The molecule has 1 N–H and O–H groups in total. The van der Waals surface area contributed by atoms with Crippen LogP contribution in [0.4, 0.5) is 0 Å². The third-order valence-electron chi connectivity index (χ3n) is 3.87. The molecule has 0 aromatic heterocycles. The second kappa shape index (κ2) is 7.29. The fourth-order valence-corrected chi connectivity index (χ4v) is 2.59. The Morgan fingerprint density at radius 3 is 2.75 bits per heavy atom. The smallest absolute Gasteiger partial charge is 0.330 e. The lowest BCUT2D eigenvalue weighted by Crippen LogP contribution is -2.40. The van der Waals surface area contributed by atoms with Crippen LogP contribution in [-0.2, 0) is 9.53 Å². The van der Waals surface area contributed by atoms with E-state index in [1.54, 1.807) is 0 Å². The van der Waals surface area contributed by atoms with E-state index in [1.165, 1.54) is 26.0 Å². The lowest BCUT2D eigenvalue weighted by Gasteiger charge is -2.31. The van der Waals surface area contributed by atoms with Crippen LogP contribution in [0, 0.1) is 0 Å². The first-order chi connectivity index (χ1) is 9.69. The molecule has 2 aliphatic rings. The third-order valence-corrected chi connectivity index (χ3v) is 3.87. The van der Waals surface area contributed by atoms with Crippen molar-refractivity contribution in [2.24, 2.45) is 0 Å². The number of ether oxygens (including phenoxy) is 1. The molecule has 0 amide bonds. The molecule has 0 unspecified atom stereocenters. The monoisotopic (exact) mass is 276 g/mol. The maximum Gasteiger partial charge on any atom is 0.330 e. The van der Waals surface area contributed by atoms with E-state index < -0.39 is 0 Å². The highest BCUT2D eigenvalue weighted by molar-refractivity contribution is 5.82. The Balaban J connectivity index is 1.95. The fourth-order valence-electron chi connectivity index (χ4n) is 2.59. The number of rotatable bonds is 4. The fraction of sp³-hybridized carbons (Fsp3) is 0.562. The molecule has 20 heavy (non-hydrogen) atoms. The molecule has 0 saturated carbocycles. The van der Waals surface area contributed by atoms with Crippen molar-refractivity contribution in [3.05, 3.63) is 35.6 Å². The zero-order chi connectivity index (χ0) is 14.4. The molecule has 1 aliphatic heterocycles. The predicted molar refractivity (Wildman–Crippen MR) is 80.2 cm³/mol. The molecule has 0 aromatic carbocycles. The summed E-state index contributed by atoms with van der Waals surface area (Å²) in [5.74, 6) is -0.310. The number of esters is 1. The van der Waals surface area contributed by atoms with E-state index in [2.05, 4.69) is 34.2 Å². The normalized spacial score (nSPS) is 21.5. The second-order valence-electron chi connectivity index (χ2n) is 5.43. The molecule has 1 heterocycles. The molecule has 2 rings (SSSR count). The minimum absolute atomic E-state index is 0.310. The molecule has 0 radical (unpaired) electrons. The molecule has 0 spiro atoms. The second-order valence-corrected chi connectivity index (χ2v) is 5.43. The molecule has 1 aliphatic carbocycles. The van der Waals surface area contributed by atoms with Gasteiger partial charge in [0, 0.05) is 17.8 Å². The van der Waals surface area contributed by atoms with Gasteiger partial charge in [-0.2, -0.15) is 0 Å². The molecular formula is C16H24N2O2. The van der Waals surface area contributed by atoms with Crippen molar-refractivity contribution < 1.29 is 9.53 Å². The summed E-state index contributed by atoms with van der Waals surface area (Å²) in [6.45, 7) is 2.28. The quantitative estimate of drug-likeness (QED) is 0.630. The van der Waals surface area contributed by atoms with Gasteiger partial charge >= 0.3 is 5.97 Å². The number of nitrogens with one attached hydrogen (secondary N) is 1. The molecule has 1 fully saturated rings. The van der Waals surface area contributed by atoms with E-state index in [0.717, 1.165) is 37.2 Å². The van der Waals surface area contributed by atoms with Crippen molar-refractivity contribution >= 4 is 5.97 Å². The summed E-state index contributed by atoms with van der Waals surface area (Å²) in [5, 5.41) is 3.63. The Hall–Kier alpha value is -1.55.